The zero-order valence-corrected chi connectivity index (χ0v) is 20.6. The van der Waals surface area contributed by atoms with E-state index in [4.69, 9.17) is 0 Å². The number of nitrogens with one attached hydrogen (secondary N) is 2. The monoisotopic (exact) mass is 514 g/mol. The Bertz CT molecular complexity index is 1900. The smallest absolute Gasteiger partial charge is 0.313 e. The minimum absolute atomic E-state index is 0.193. The van der Waals surface area contributed by atoms with Gasteiger partial charge in [0, 0.05) is 21.9 Å². The quantitative estimate of drug-likeness (QED) is 0.228. The molecular formula is C31H22N4O4. The van der Waals surface area contributed by atoms with E-state index >= 15 is 0 Å². The van der Waals surface area contributed by atoms with Crippen molar-refractivity contribution in [2.75, 3.05) is 5.32 Å². The standard InChI is InChI=1S/C31H22N4O4/c36-25-14-13-18(16-26(25)37)15-21-10-6-12-23-27(21)28(19-7-2-1-3-8-19)34-29(31(39)33-23)35-30(38)24-17-20-9-4-5-11-22(20)32-24/h1-14,16-17,32,36-37H,15H2,(H,33,34,35,38,39). The molecule has 6 rings (SSSR count). The van der Waals surface area contributed by atoms with Gasteiger partial charge in [-0.05, 0) is 47.9 Å². The third kappa shape index (κ3) is 4.67. The second-order valence-corrected chi connectivity index (χ2v) is 9.13. The number of phenols is 2. The molecular weight excluding hydrogens is 492 g/mol. The van der Waals surface area contributed by atoms with Gasteiger partial charge in [0.2, 0.25) is 5.82 Å². The van der Waals surface area contributed by atoms with Crippen molar-refractivity contribution in [3.8, 4) is 22.8 Å². The van der Waals surface area contributed by atoms with Crippen molar-refractivity contribution in [3.05, 3.63) is 124 Å². The number of phenolic OH excluding ortho intramolecular Hbond substituents is 2. The maximum Gasteiger partial charge on any atom is 0.313 e. The van der Waals surface area contributed by atoms with Crippen LogP contribution in [0.1, 0.15) is 21.6 Å². The van der Waals surface area contributed by atoms with Crippen LogP contribution in [0.15, 0.2) is 102 Å². The highest BCUT2D eigenvalue weighted by atomic mass is 16.3. The van der Waals surface area contributed by atoms with E-state index in [2.05, 4.69) is 20.3 Å². The predicted molar refractivity (Wildman–Crippen MR) is 150 cm³/mol. The molecule has 0 aliphatic rings. The van der Waals surface area contributed by atoms with Gasteiger partial charge in [0.05, 0.1) is 11.2 Å². The van der Waals surface area contributed by atoms with Crippen molar-refractivity contribution in [2.24, 2.45) is 0 Å². The van der Waals surface area contributed by atoms with Gasteiger partial charge in [-0.2, -0.15) is 0 Å². The van der Waals surface area contributed by atoms with Gasteiger partial charge in [-0.1, -0.05) is 66.7 Å². The number of anilines is 1. The maximum atomic E-state index is 13.2. The zero-order chi connectivity index (χ0) is 26.9. The van der Waals surface area contributed by atoms with Gasteiger partial charge in [0.1, 0.15) is 5.69 Å². The fourth-order valence-electron chi connectivity index (χ4n) is 4.63. The molecule has 0 saturated heterocycles. The molecule has 0 bridgehead atoms. The number of carbonyl (C=O) groups excluding carboxylic acids is 1. The number of hydrogen-bond donors (Lipinski definition) is 4. The second kappa shape index (κ2) is 9.75. The van der Waals surface area contributed by atoms with E-state index in [0.717, 1.165) is 27.6 Å². The number of nitrogens with zero attached hydrogens (tertiary/aromatic N) is 2. The van der Waals surface area contributed by atoms with Gasteiger partial charge < -0.3 is 20.5 Å². The normalized spacial score (nSPS) is 11.1. The van der Waals surface area contributed by atoms with E-state index in [0.29, 0.717) is 28.7 Å². The number of aromatic hydroxyl groups is 2. The molecule has 2 heterocycles. The third-order valence-corrected chi connectivity index (χ3v) is 6.50. The highest BCUT2D eigenvalue weighted by molar-refractivity contribution is 6.06. The van der Waals surface area contributed by atoms with Crippen LogP contribution in [-0.2, 0) is 6.42 Å². The molecule has 8 nitrogen and oxygen atoms in total. The van der Waals surface area contributed by atoms with E-state index < -0.39 is 11.5 Å². The molecule has 0 aliphatic carbocycles. The summed E-state index contributed by atoms with van der Waals surface area (Å²) < 4.78 is 0. The van der Waals surface area contributed by atoms with Gasteiger partial charge in [-0.3, -0.25) is 9.59 Å². The lowest BCUT2D eigenvalue weighted by molar-refractivity contribution is 0.102. The molecule has 0 atom stereocenters. The first kappa shape index (κ1) is 23.9. The summed E-state index contributed by atoms with van der Waals surface area (Å²) in [5.41, 5.74) is 3.60. The Labute approximate surface area is 222 Å². The topological polar surface area (TPSA) is 128 Å². The molecule has 0 saturated carbocycles. The SMILES string of the molecule is O=C(Nc1nc(-c2ccccc2)c2c(Cc3ccc(O)c(O)c3)cccc2nc1=O)c1cc2ccccc2[nH]1. The van der Waals surface area contributed by atoms with Crippen LogP contribution in [-0.4, -0.2) is 31.1 Å². The van der Waals surface area contributed by atoms with Crippen LogP contribution in [0, 0.1) is 0 Å². The molecule has 6 aromatic rings. The molecule has 0 radical (unpaired) electrons. The Morgan fingerprint density at radius 2 is 1.62 bits per heavy atom. The number of hydrogen-bond acceptors (Lipinski definition) is 6. The van der Waals surface area contributed by atoms with Gasteiger partial charge >= 0.3 is 5.56 Å². The Kier molecular flexibility index (Phi) is 5.97. The molecule has 0 aliphatic heterocycles. The number of H-pyrrole nitrogens is 1. The first-order valence-corrected chi connectivity index (χ1v) is 12.3. The molecule has 4 aromatic carbocycles. The number of aromatic nitrogens is 3. The largest absolute Gasteiger partial charge is 0.504 e. The molecule has 190 valence electrons. The van der Waals surface area contributed by atoms with Gasteiger partial charge in [0.15, 0.2) is 11.5 Å². The fourth-order valence-corrected chi connectivity index (χ4v) is 4.63. The van der Waals surface area contributed by atoms with E-state index in [1.807, 2.05) is 60.7 Å². The lowest BCUT2D eigenvalue weighted by Gasteiger charge is -2.10. The van der Waals surface area contributed by atoms with Crippen LogP contribution in [0.5, 0.6) is 11.5 Å². The average Bonchev–Trinajstić information content (AvgIpc) is 3.33. The van der Waals surface area contributed by atoms with Gasteiger partial charge in [0.25, 0.3) is 5.91 Å². The minimum atomic E-state index is -0.675. The summed E-state index contributed by atoms with van der Waals surface area (Å²) in [7, 11) is 0. The summed E-state index contributed by atoms with van der Waals surface area (Å²) in [5.74, 6) is -1.13. The van der Waals surface area contributed by atoms with Crippen molar-refractivity contribution < 1.29 is 15.0 Å². The van der Waals surface area contributed by atoms with Gasteiger partial charge in [-0.25, -0.2) is 9.97 Å². The Balaban J connectivity index is 1.51. The summed E-state index contributed by atoms with van der Waals surface area (Å²) in [5, 5.41) is 23.9. The molecule has 8 heteroatoms. The summed E-state index contributed by atoms with van der Waals surface area (Å²) in [6.45, 7) is 0. The van der Waals surface area contributed by atoms with E-state index in [-0.39, 0.29) is 17.3 Å². The van der Waals surface area contributed by atoms with Crippen molar-refractivity contribution in [1.29, 1.82) is 0 Å². The lowest BCUT2D eigenvalue weighted by Crippen LogP contribution is -2.20. The van der Waals surface area contributed by atoms with Crippen LogP contribution in [0.3, 0.4) is 0 Å². The van der Waals surface area contributed by atoms with Crippen LogP contribution < -0.4 is 10.9 Å². The number of benzene rings is 4. The number of carbonyl (C=O) groups is 1. The zero-order valence-electron chi connectivity index (χ0n) is 20.6. The molecule has 4 N–H and O–H groups in total. The number of aromatic amines is 1. The van der Waals surface area contributed by atoms with E-state index in [1.165, 1.54) is 12.1 Å². The first-order valence-electron chi connectivity index (χ1n) is 12.3. The average molecular weight is 515 g/mol. The molecule has 0 spiro atoms. The summed E-state index contributed by atoms with van der Waals surface area (Å²) in [6.07, 6.45) is 0.378. The predicted octanol–water partition coefficient (Wildman–Crippen LogP) is 5.39. The van der Waals surface area contributed by atoms with Crippen molar-refractivity contribution in [2.45, 2.75) is 6.42 Å². The number of para-hydroxylation sites is 1. The maximum absolute atomic E-state index is 13.2. The molecule has 39 heavy (non-hydrogen) atoms. The van der Waals surface area contributed by atoms with Crippen LogP contribution >= 0.6 is 0 Å². The Morgan fingerprint density at radius 3 is 2.41 bits per heavy atom. The highest BCUT2D eigenvalue weighted by Gasteiger charge is 2.17. The Hall–Kier alpha value is -5.50. The molecule has 1 amide bonds. The van der Waals surface area contributed by atoms with E-state index in [1.54, 1.807) is 24.3 Å². The Morgan fingerprint density at radius 1 is 0.821 bits per heavy atom. The third-order valence-electron chi connectivity index (χ3n) is 6.50. The summed E-state index contributed by atoms with van der Waals surface area (Å²) in [6, 6.07) is 28.6. The number of amides is 1. The summed E-state index contributed by atoms with van der Waals surface area (Å²) in [4.78, 5) is 38.5. The lowest BCUT2D eigenvalue weighted by atomic mass is 9.97. The minimum Gasteiger partial charge on any atom is -0.504 e. The molecule has 0 unspecified atom stereocenters. The van der Waals surface area contributed by atoms with E-state index in [9.17, 15) is 19.8 Å². The first-order chi connectivity index (χ1) is 19.0. The number of fused-ring (bicyclic) bond motifs is 2. The van der Waals surface area contributed by atoms with Gasteiger partial charge in [-0.15, -0.1) is 0 Å². The summed E-state index contributed by atoms with van der Waals surface area (Å²) >= 11 is 0. The fraction of sp³-hybridized carbons (Fsp3) is 0.0323. The van der Waals surface area contributed by atoms with Crippen molar-refractivity contribution >= 4 is 33.5 Å². The van der Waals surface area contributed by atoms with Crippen LogP contribution in [0.4, 0.5) is 5.82 Å². The van der Waals surface area contributed by atoms with Crippen LogP contribution in [0.2, 0.25) is 0 Å². The number of rotatable bonds is 5. The van der Waals surface area contributed by atoms with Crippen LogP contribution in [0.25, 0.3) is 33.1 Å². The van der Waals surface area contributed by atoms with Crippen molar-refractivity contribution in [3.63, 3.8) is 0 Å². The highest BCUT2D eigenvalue weighted by Crippen LogP contribution is 2.31. The molecule has 0 fully saturated rings. The molecule has 2 aromatic heterocycles. The second-order valence-electron chi connectivity index (χ2n) is 9.13. The van der Waals surface area contributed by atoms with Crippen molar-refractivity contribution in [1.82, 2.24) is 15.0 Å².